The molecule has 0 saturated heterocycles. The van der Waals surface area contributed by atoms with Crippen LogP contribution in [0, 0.1) is 13.8 Å². The van der Waals surface area contributed by atoms with Gasteiger partial charge in [0.2, 0.25) is 11.0 Å². The van der Waals surface area contributed by atoms with Crippen molar-refractivity contribution in [2.45, 2.75) is 30.1 Å². The predicted molar refractivity (Wildman–Crippen MR) is 117 cm³/mol. The van der Waals surface area contributed by atoms with Gasteiger partial charge < -0.3 is 0 Å². The summed E-state index contributed by atoms with van der Waals surface area (Å²) in [6, 6.07) is 14.7. The van der Waals surface area contributed by atoms with Crippen LogP contribution in [0.5, 0.6) is 0 Å². The van der Waals surface area contributed by atoms with Crippen molar-refractivity contribution < 1.29 is 13.2 Å². The normalized spacial score (nSPS) is 11.4. The first kappa shape index (κ1) is 21.5. The molecule has 1 N–H and O–H groups in total. The van der Waals surface area contributed by atoms with Gasteiger partial charge in [-0.25, -0.2) is 8.42 Å². The minimum absolute atomic E-state index is 0.0537. The summed E-state index contributed by atoms with van der Waals surface area (Å²) < 4.78 is 24.9. The average molecular weight is 448 g/mol. The molecule has 0 bridgehead atoms. The third kappa shape index (κ3) is 6.38. The lowest BCUT2D eigenvalue weighted by atomic mass is 10.2. The number of rotatable bonds is 8. The number of aromatic nitrogens is 2. The molecule has 0 unspecified atom stereocenters. The Bertz CT molecular complexity index is 1080. The molecule has 3 rings (SSSR count). The molecule has 0 aliphatic heterocycles. The molecule has 6 nitrogen and oxygen atoms in total. The zero-order chi connectivity index (χ0) is 20.9. The van der Waals surface area contributed by atoms with E-state index in [4.69, 9.17) is 0 Å². The van der Waals surface area contributed by atoms with Gasteiger partial charge in [0.05, 0.1) is 16.4 Å². The van der Waals surface area contributed by atoms with Crippen molar-refractivity contribution in [3.63, 3.8) is 0 Å². The lowest BCUT2D eigenvalue weighted by Crippen LogP contribution is -2.13. The Morgan fingerprint density at radius 1 is 1.00 bits per heavy atom. The van der Waals surface area contributed by atoms with Gasteiger partial charge in [0, 0.05) is 11.3 Å². The van der Waals surface area contributed by atoms with Crippen LogP contribution >= 0.6 is 23.1 Å². The molecule has 152 valence electrons. The molecule has 0 radical (unpaired) electrons. The van der Waals surface area contributed by atoms with E-state index in [1.54, 1.807) is 24.3 Å². The fourth-order valence-electron chi connectivity index (χ4n) is 2.43. The summed E-state index contributed by atoms with van der Waals surface area (Å²) in [6.45, 7) is 3.92. The summed E-state index contributed by atoms with van der Waals surface area (Å²) in [5.74, 6) is 0.0346. The molecule has 0 atom stereocenters. The second-order valence-electron chi connectivity index (χ2n) is 6.53. The summed E-state index contributed by atoms with van der Waals surface area (Å²) in [4.78, 5) is 13.4. The molecule has 0 spiro atoms. The highest BCUT2D eigenvalue weighted by Crippen LogP contribution is 2.21. The quantitative estimate of drug-likeness (QED) is 0.527. The predicted octanol–water partition coefficient (Wildman–Crippen LogP) is 3.90. The Labute approximate surface area is 178 Å². The van der Waals surface area contributed by atoms with E-state index in [1.807, 2.05) is 38.1 Å². The van der Waals surface area contributed by atoms with Crippen LogP contribution in [0.1, 0.15) is 16.1 Å². The number of nitrogens with one attached hydrogen (secondary N) is 1. The van der Waals surface area contributed by atoms with E-state index in [9.17, 15) is 13.2 Å². The van der Waals surface area contributed by atoms with Gasteiger partial charge in [-0.2, -0.15) is 0 Å². The summed E-state index contributed by atoms with van der Waals surface area (Å²) in [5, 5.41) is 11.6. The van der Waals surface area contributed by atoms with Crippen LogP contribution in [0.2, 0.25) is 0 Å². The maximum absolute atomic E-state index is 12.4. The van der Waals surface area contributed by atoms with E-state index in [0.29, 0.717) is 15.0 Å². The maximum atomic E-state index is 12.4. The molecular weight excluding hydrogens is 426 g/mol. The van der Waals surface area contributed by atoms with E-state index >= 15 is 0 Å². The molecule has 9 heteroatoms. The first-order chi connectivity index (χ1) is 13.8. The lowest BCUT2D eigenvalue weighted by Gasteiger charge is -2.03. The number of thioether (sulfide) groups is 1. The van der Waals surface area contributed by atoms with Crippen molar-refractivity contribution in [1.82, 2.24) is 10.2 Å². The standard InChI is InChI=1S/C20H21N3O3S3/c1-14-3-7-16(8-4-14)27-13-18(24)21-20-23-22-19(28-20)11-12-29(25,26)17-9-5-15(2)6-10-17/h3-10H,11-13H2,1-2H3,(H,21,23,24). The summed E-state index contributed by atoms with van der Waals surface area (Å²) in [7, 11) is -3.38. The Balaban J connectivity index is 1.50. The number of hydrogen-bond acceptors (Lipinski definition) is 7. The van der Waals surface area contributed by atoms with Crippen LogP contribution in [0.4, 0.5) is 5.13 Å². The maximum Gasteiger partial charge on any atom is 0.236 e. The Kier molecular flexibility index (Phi) is 7.05. The highest BCUT2D eigenvalue weighted by Gasteiger charge is 2.16. The van der Waals surface area contributed by atoms with E-state index < -0.39 is 9.84 Å². The summed E-state index contributed by atoms with van der Waals surface area (Å²) >= 11 is 2.64. The molecule has 29 heavy (non-hydrogen) atoms. The van der Waals surface area contributed by atoms with Gasteiger partial charge in [0.15, 0.2) is 9.84 Å². The van der Waals surface area contributed by atoms with Gasteiger partial charge in [-0.05, 0) is 38.1 Å². The number of aryl methyl sites for hydroxylation is 3. The van der Waals surface area contributed by atoms with Gasteiger partial charge in [-0.15, -0.1) is 22.0 Å². The van der Waals surface area contributed by atoms with Gasteiger partial charge in [-0.1, -0.05) is 46.7 Å². The number of carbonyl (C=O) groups is 1. The largest absolute Gasteiger partial charge is 0.300 e. The van der Waals surface area contributed by atoms with E-state index in [0.717, 1.165) is 10.5 Å². The molecule has 1 amide bonds. The number of nitrogens with zero attached hydrogens (tertiary/aromatic N) is 2. The van der Waals surface area contributed by atoms with Gasteiger partial charge in [-0.3, -0.25) is 10.1 Å². The highest BCUT2D eigenvalue weighted by atomic mass is 32.2. The highest BCUT2D eigenvalue weighted by molar-refractivity contribution is 8.00. The Morgan fingerprint density at radius 2 is 1.62 bits per heavy atom. The zero-order valence-electron chi connectivity index (χ0n) is 16.1. The van der Waals surface area contributed by atoms with Crippen molar-refractivity contribution in [3.05, 3.63) is 64.7 Å². The number of anilines is 1. The van der Waals surface area contributed by atoms with Crippen LogP contribution < -0.4 is 5.32 Å². The topological polar surface area (TPSA) is 89.0 Å². The minimum Gasteiger partial charge on any atom is -0.300 e. The average Bonchev–Trinajstić information content (AvgIpc) is 3.14. The zero-order valence-corrected chi connectivity index (χ0v) is 18.5. The SMILES string of the molecule is Cc1ccc(SCC(=O)Nc2nnc(CCS(=O)(=O)c3ccc(C)cc3)s2)cc1. The summed E-state index contributed by atoms with van der Waals surface area (Å²) in [5.41, 5.74) is 2.18. The van der Waals surface area contributed by atoms with Gasteiger partial charge in [0.25, 0.3) is 0 Å². The van der Waals surface area contributed by atoms with Crippen LogP contribution in [0.15, 0.2) is 58.3 Å². The van der Waals surface area contributed by atoms with Crippen molar-refractivity contribution in [2.75, 3.05) is 16.8 Å². The lowest BCUT2D eigenvalue weighted by molar-refractivity contribution is -0.113. The third-order valence-corrected chi connectivity index (χ3v) is 7.71. The van der Waals surface area contributed by atoms with E-state index in [2.05, 4.69) is 15.5 Å². The number of hydrogen-bond donors (Lipinski definition) is 1. The molecule has 1 heterocycles. The molecule has 3 aromatic rings. The molecular formula is C20H21N3O3S3. The summed E-state index contributed by atoms with van der Waals surface area (Å²) in [6.07, 6.45) is 0.252. The number of amides is 1. The Morgan fingerprint density at radius 3 is 2.28 bits per heavy atom. The monoisotopic (exact) mass is 447 g/mol. The smallest absolute Gasteiger partial charge is 0.236 e. The first-order valence-electron chi connectivity index (χ1n) is 8.93. The van der Waals surface area contributed by atoms with Crippen molar-refractivity contribution in [2.24, 2.45) is 0 Å². The van der Waals surface area contributed by atoms with Crippen molar-refractivity contribution in [1.29, 1.82) is 0 Å². The van der Waals surface area contributed by atoms with E-state index in [-0.39, 0.29) is 23.8 Å². The van der Waals surface area contributed by atoms with Crippen molar-refractivity contribution in [3.8, 4) is 0 Å². The number of sulfone groups is 1. The molecule has 0 fully saturated rings. The molecule has 0 aliphatic carbocycles. The van der Waals surface area contributed by atoms with E-state index in [1.165, 1.54) is 28.7 Å². The van der Waals surface area contributed by atoms with Crippen LogP contribution in [0.3, 0.4) is 0 Å². The van der Waals surface area contributed by atoms with Crippen LogP contribution in [-0.2, 0) is 21.1 Å². The first-order valence-corrected chi connectivity index (χ1v) is 12.4. The molecule has 1 aromatic heterocycles. The van der Waals surface area contributed by atoms with Crippen LogP contribution in [0.25, 0.3) is 0 Å². The second kappa shape index (κ2) is 9.51. The Hall–Kier alpha value is -2.23. The van der Waals surface area contributed by atoms with Crippen molar-refractivity contribution >= 4 is 44.0 Å². The fraction of sp³-hybridized carbons (Fsp3) is 0.250. The molecule has 0 saturated carbocycles. The fourth-order valence-corrected chi connectivity index (χ4v) is 5.26. The van der Waals surface area contributed by atoms with Gasteiger partial charge in [0.1, 0.15) is 5.01 Å². The minimum atomic E-state index is -3.38. The second-order valence-corrected chi connectivity index (χ2v) is 10.8. The molecule has 0 aliphatic rings. The molecule has 2 aromatic carbocycles. The van der Waals surface area contributed by atoms with Gasteiger partial charge >= 0.3 is 0 Å². The third-order valence-electron chi connectivity index (χ3n) is 4.07. The number of carbonyl (C=O) groups excluding carboxylic acids is 1. The van der Waals surface area contributed by atoms with Crippen LogP contribution in [-0.4, -0.2) is 36.0 Å². The number of benzene rings is 2.